The smallest absolute Gasteiger partial charge is 0.0928 e. The van der Waals surface area contributed by atoms with Crippen LogP contribution in [0.3, 0.4) is 0 Å². The molecular formula is C16H25ClN+. The van der Waals surface area contributed by atoms with Crippen LogP contribution in [0.5, 0.6) is 0 Å². The van der Waals surface area contributed by atoms with E-state index in [2.05, 4.69) is 31.3 Å². The van der Waals surface area contributed by atoms with Gasteiger partial charge in [0.15, 0.2) is 0 Å². The number of rotatable bonds is 4. The zero-order valence-corrected chi connectivity index (χ0v) is 12.3. The Morgan fingerprint density at radius 1 is 1.22 bits per heavy atom. The van der Waals surface area contributed by atoms with Crippen LogP contribution >= 0.6 is 11.6 Å². The first-order chi connectivity index (χ1) is 8.66. The van der Waals surface area contributed by atoms with Gasteiger partial charge in [-0.2, -0.15) is 0 Å². The van der Waals surface area contributed by atoms with Gasteiger partial charge in [0.05, 0.1) is 12.6 Å². The lowest BCUT2D eigenvalue weighted by Crippen LogP contribution is -2.92. The highest BCUT2D eigenvalue weighted by molar-refractivity contribution is 6.30. The van der Waals surface area contributed by atoms with E-state index >= 15 is 0 Å². The fourth-order valence-electron chi connectivity index (χ4n) is 3.12. The van der Waals surface area contributed by atoms with E-state index in [-0.39, 0.29) is 0 Å². The Hall–Kier alpha value is -0.530. The van der Waals surface area contributed by atoms with E-state index in [1.54, 1.807) is 0 Å². The van der Waals surface area contributed by atoms with Crippen molar-refractivity contribution in [3.05, 3.63) is 34.9 Å². The fourth-order valence-corrected chi connectivity index (χ4v) is 3.24. The molecule has 1 aromatic rings. The minimum Gasteiger partial charge on any atom is -0.343 e. The number of piperidine rings is 1. The first kappa shape index (κ1) is 13.9. The summed E-state index contributed by atoms with van der Waals surface area (Å²) < 4.78 is 0. The zero-order chi connectivity index (χ0) is 13.0. The average molecular weight is 267 g/mol. The summed E-state index contributed by atoms with van der Waals surface area (Å²) in [5.41, 5.74) is 1.47. The van der Waals surface area contributed by atoms with Crippen molar-refractivity contribution in [2.45, 2.75) is 51.5 Å². The normalized spacial score (nSPS) is 22.1. The maximum atomic E-state index is 6.00. The molecule has 1 aliphatic rings. The molecule has 0 radical (unpaired) electrons. The van der Waals surface area contributed by atoms with Crippen molar-refractivity contribution < 1.29 is 5.32 Å². The molecule has 2 N–H and O–H groups in total. The molecule has 0 aromatic heterocycles. The summed E-state index contributed by atoms with van der Waals surface area (Å²) in [7, 11) is 0. The maximum absolute atomic E-state index is 6.00. The Kier molecular flexibility index (Phi) is 5.08. The van der Waals surface area contributed by atoms with Crippen molar-refractivity contribution in [3.63, 3.8) is 0 Å². The van der Waals surface area contributed by atoms with Gasteiger partial charge in [0.1, 0.15) is 0 Å². The monoisotopic (exact) mass is 266 g/mol. The van der Waals surface area contributed by atoms with Crippen LogP contribution in [0.25, 0.3) is 0 Å². The summed E-state index contributed by atoms with van der Waals surface area (Å²) in [5.74, 6) is 1.43. The van der Waals surface area contributed by atoms with Crippen LogP contribution in [0, 0.1) is 5.92 Å². The molecule has 1 aromatic carbocycles. The molecule has 1 fully saturated rings. The Balaban J connectivity index is 2.15. The van der Waals surface area contributed by atoms with Crippen LogP contribution < -0.4 is 5.32 Å². The highest BCUT2D eigenvalue weighted by Gasteiger charge is 2.28. The lowest BCUT2D eigenvalue weighted by molar-refractivity contribution is -0.700. The summed E-state index contributed by atoms with van der Waals surface area (Å²) in [5, 5.41) is 3.40. The number of nitrogens with two attached hydrogens (primary N) is 1. The molecule has 0 unspecified atom stereocenters. The molecule has 100 valence electrons. The second kappa shape index (κ2) is 6.58. The molecule has 2 rings (SSSR count). The average Bonchev–Trinajstić information content (AvgIpc) is 2.38. The van der Waals surface area contributed by atoms with Crippen LogP contribution in [0.1, 0.15) is 51.0 Å². The van der Waals surface area contributed by atoms with Gasteiger partial charge in [-0.1, -0.05) is 37.6 Å². The Morgan fingerprint density at radius 2 is 1.94 bits per heavy atom. The molecule has 0 amide bonds. The standard InChI is InChI=1S/C16H24ClN/c1-12(2)11-15(16-5-3-4-10-18-16)13-6-8-14(17)9-7-13/h6-9,12,15-16,18H,3-5,10-11H2,1-2H3/p+1/t15-,16-/m1/s1. The predicted octanol–water partition coefficient (Wildman–Crippen LogP) is 3.59. The van der Waals surface area contributed by atoms with Gasteiger partial charge in [0.25, 0.3) is 0 Å². The van der Waals surface area contributed by atoms with E-state index in [9.17, 15) is 0 Å². The third kappa shape index (κ3) is 3.73. The predicted molar refractivity (Wildman–Crippen MR) is 78.1 cm³/mol. The summed E-state index contributed by atoms with van der Waals surface area (Å²) >= 11 is 6.00. The number of benzene rings is 1. The second-order valence-corrected chi connectivity index (χ2v) is 6.41. The molecule has 1 saturated heterocycles. The lowest BCUT2D eigenvalue weighted by Gasteiger charge is -2.30. The molecule has 0 spiro atoms. The van der Waals surface area contributed by atoms with E-state index in [1.807, 2.05) is 12.1 Å². The maximum Gasteiger partial charge on any atom is 0.0928 e. The molecule has 1 nitrogen and oxygen atoms in total. The molecule has 2 heteroatoms. The van der Waals surface area contributed by atoms with Gasteiger partial charge in [-0.15, -0.1) is 0 Å². The van der Waals surface area contributed by atoms with Crippen molar-refractivity contribution in [1.82, 2.24) is 0 Å². The summed E-state index contributed by atoms with van der Waals surface area (Å²) in [6.45, 7) is 5.95. The topological polar surface area (TPSA) is 16.6 Å². The van der Waals surface area contributed by atoms with Crippen molar-refractivity contribution in [1.29, 1.82) is 0 Å². The van der Waals surface area contributed by atoms with Crippen LogP contribution in [0.4, 0.5) is 0 Å². The first-order valence-corrected chi connectivity index (χ1v) is 7.63. The van der Waals surface area contributed by atoms with E-state index < -0.39 is 0 Å². The van der Waals surface area contributed by atoms with E-state index in [0.717, 1.165) is 17.0 Å². The van der Waals surface area contributed by atoms with Crippen molar-refractivity contribution >= 4 is 11.6 Å². The summed E-state index contributed by atoms with van der Waals surface area (Å²) in [4.78, 5) is 0. The highest BCUT2D eigenvalue weighted by Crippen LogP contribution is 2.29. The third-order valence-electron chi connectivity index (χ3n) is 4.00. The molecule has 1 heterocycles. The minimum atomic E-state index is 0.683. The minimum absolute atomic E-state index is 0.683. The molecule has 0 saturated carbocycles. The number of halogens is 1. The van der Waals surface area contributed by atoms with Gasteiger partial charge in [-0.3, -0.25) is 0 Å². The van der Waals surface area contributed by atoms with Gasteiger partial charge in [0, 0.05) is 17.4 Å². The van der Waals surface area contributed by atoms with Crippen molar-refractivity contribution in [2.24, 2.45) is 5.92 Å². The summed E-state index contributed by atoms with van der Waals surface area (Å²) in [6, 6.07) is 9.28. The molecule has 0 bridgehead atoms. The van der Waals surface area contributed by atoms with Gasteiger partial charge >= 0.3 is 0 Å². The van der Waals surface area contributed by atoms with Gasteiger partial charge < -0.3 is 5.32 Å². The fraction of sp³-hybridized carbons (Fsp3) is 0.625. The summed E-state index contributed by atoms with van der Waals surface area (Å²) in [6.07, 6.45) is 5.41. The van der Waals surface area contributed by atoms with Crippen molar-refractivity contribution in [2.75, 3.05) is 6.54 Å². The molecular weight excluding hydrogens is 242 g/mol. The zero-order valence-electron chi connectivity index (χ0n) is 11.5. The molecule has 0 aliphatic carbocycles. The molecule has 2 atom stereocenters. The Bertz CT molecular complexity index is 352. The van der Waals surface area contributed by atoms with Crippen LogP contribution in [-0.4, -0.2) is 12.6 Å². The Morgan fingerprint density at radius 3 is 2.50 bits per heavy atom. The van der Waals surface area contributed by atoms with Crippen molar-refractivity contribution in [3.8, 4) is 0 Å². The van der Waals surface area contributed by atoms with Gasteiger partial charge in [0.2, 0.25) is 0 Å². The van der Waals surface area contributed by atoms with Crippen LogP contribution in [-0.2, 0) is 0 Å². The van der Waals surface area contributed by atoms with Gasteiger partial charge in [-0.05, 0) is 42.9 Å². The third-order valence-corrected chi connectivity index (χ3v) is 4.25. The number of hydrogen-bond donors (Lipinski definition) is 1. The largest absolute Gasteiger partial charge is 0.343 e. The lowest BCUT2D eigenvalue weighted by atomic mass is 9.81. The van der Waals surface area contributed by atoms with Crippen LogP contribution in [0.15, 0.2) is 24.3 Å². The van der Waals surface area contributed by atoms with Crippen LogP contribution in [0.2, 0.25) is 5.02 Å². The highest BCUT2D eigenvalue weighted by atomic mass is 35.5. The quantitative estimate of drug-likeness (QED) is 0.858. The van der Waals surface area contributed by atoms with E-state index in [1.165, 1.54) is 37.8 Å². The SMILES string of the molecule is CC(C)C[C@H](c1ccc(Cl)cc1)[C@H]1CCCC[NH2+]1. The van der Waals surface area contributed by atoms with Gasteiger partial charge in [-0.25, -0.2) is 0 Å². The number of hydrogen-bond acceptors (Lipinski definition) is 0. The first-order valence-electron chi connectivity index (χ1n) is 7.25. The molecule has 18 heavy (non-hydrogen) atoms. The number of quaternary nitrogens is 1. The Labute approximate surface area is 116 Å². The molecule has 1 aliphatic heterocycles. The second-order valence-electron chi connectivity index (χ2n) is 5.97. The van der Waals surface area contributed by atoms with E-state index in [4.69, 9.17) is 11.6 Å². The van der Waals surface area contributed by atoms with E-state index in [0.29, 0.717) is 5.92 Å².